The molecule has 0 radical (unpaired) electrons. The van der Waals surface area contributed by atoms with Crippen molar-refractivity contribution in [2.45, 2.75) is 133 Å². The molecule has 414 valence electrons. The van der Waals surface area contributed by atoms with Crippen molar-refractivity contribution in [2.75, 3.05) is 25.7 Å². The monoisotopic (exact) mass is 1250 g/mol. The Morgan fingerprint density at radius 1 is 0.671 bits per heavy atom. The summed E-state index contributed by atoms with van der Waals surface area (Å²) < 4.78 is 23.9. The maximum absolute atomic E-state index is 12.0. The summed E-state index contributed by atoms with van der Waals surface area (Å²) in [6.45, 7) is 4.55. The van der Waals surface area contributed by atoms with Crippen molar-refractivity contribution in [3.05, 3.63) is 131 Å². The lowest BCUT2D eigenvalue weighted by Crippen LogP contribution is -2.48. The Morgan fingerprint density at radius 3 is 1.66 bits per heavy atom. The molecule has 0 spiro atoms. The summed E-state index contributed by atoms with van der Waals surface area (Å²) in [4.78, 5) is 34.7. The van der Waals surface area contributed by atoms with Crippen molar-refractivity contribution >= 4 is 123 Å². The second kappa shape index (κ2) is 24.8. The average molecular weight is 1250 g/mol. The van der Waals surface area contributed by atoms with Gasteiger partial charge >= 0.3 is 11.9 Å². The van der Waals surface area contributed by atoms with Crippen LogP contribution in [0.1, 0.15) is 133 Å². The first-order valence-corrected chi connectivity index (χ1v) is 30.8. The van der Waals surface area contributed by atoms with E-state index in [9.17, 15) is 9.59 Å². The van der Waals surface area contributed by atoms with Crippen LogP contribution in [0.25, 0.3) is 42.9 Å². The maximum atomic E-state index is 12.0. The van der Waals surface area contributed by atoms with Crippen molar-refractivity contribution in [2.24, 2.45) is 0 Å². The third-order valence-electron chi connectivity index (χ3n) is 15.6. The van der Waals surface area contributed by atoms with Crippen LogP contribution < -0.4 is 20.9 Å². The Hall–Kier alpha value is -4.66. The van der Waals surface area contributed by atoms with Gasteiger partial charge in [0.2, 0.25) is 0 Å². The Balaban J connectivity index is 0.000000141. The van der Waals surface area contributed by atoms with Gasteiger partial charge in [-0.25, -0.2) is 19.6 Å². The summed E-state index contributed by atoms with van der Waals surface area (Å²) in [7, 11) is 2.77. The highest BCUT2D eigenvalue weighted by molar-refractivity contribution is 9.11. The minimum absolute atomic E-state index is 0.323. The Kier molecular flexibility index (Phi) is 17.7. The summed E-state index contributed by atoms with van der Waals surface area (Å²) in [6, 6.07) is 24.5. The molecule has 0 amide bonds. The van der Waals surface area contributed by atoms with Crippen LogP contribution in [0.2, 0.25) is 20.1 Å². The lowest BCUT2D eigenvalue weighted by molar-refractivity contribution is 0.0592. The number of aromatic nitrogens is 4. The van der Waals surface area contributed by atoms with Crippen LogP contribution in [0, 0.1) is 0 Å². The molecule has 3 aliphatic heterocycles. The standard InChI is InChI=1S/C29H30Cl2N4O3S.C20H23Cl2N3O.C9H6BrNO2S/c1-3-19-14-18(11-12-35(19)29-33-23-10-9-17(28(36)37-2)13-24(23)39-29)32-15-20-26(34-38-27(20)16-7-8-16)25-21(30)5-4-6-22(25)31;21-16-2-1-3-17(22)18(16)19-15(20(26-25-19)11-4-5-11)10-23-14-8-12-6-7-13(9-14)24-12;1-13-8(12)5-2-3-6-7(4-5)14-9(10)11-6/h4-6,9-10,13,16,18-19,32H,3,7-8,11-12,14-15H2,1-2H3;1-3,11-14,23-24H,4-10H2;2-4H,1H3. The van der Waals surface area contributed by atoms with E-state index in [1.165, 1.54) is 64.1 Å². The molecule has 4 unspecified atom stereocenters. The van der Waals surface area contributed by atoms with Gasteiger partial charge in [0.15, 0.2) is 9.05 Å². The van der Waals surface area contributed by atoms with Gasteiger partial charge in [-0.1, -0.05) is 87.1 Å². The summed E-state index contributed by atoms with van der Waals surface area (Å²) in [6.07, 6.45) is 12.6. The second-order valence-electron chi connectivity index (χ2n) is 20.8. The highest BCUT2D eigenvalue weighted by Gasteiger charge is 2.38. The van der Waals surface area contributed by atoms with Crippen LogP contribution in [0.3, 0.4) is 0 Å². The van der Waals surface area contributed by atoms with E-state index in [-0.39, 0.29) is 11.9 Å². The molecular formula is C58H59BrCl4N8O6S2. The minimum atomic E-state index is -0.331. The molecule has 14 nitrogen and oxygen atoms in total. The number of anilines is 1. The number of ether oxygens (including phenoxy) is 2. The van der Waals surface area contributed by atoms with Crippen LogP contribution in [-0.2, 0) is 22.6 Å². The molecule has 7 heterocycles. The molecule has 2 aliphatic carbocycles. The van der Waals surface area contributed by atoms with E-state index in [0.717, 1.165) is 120 Å². The molecule has 79 heavy (non-hydrogen) atoms. The second-order valence-corrected chi connectivity index (χ2v) is 25.8. The van der Waals surface area contributed by atoms with Gasteiger partial charge in [-0.15, -0.1) is 11.3 Å². The summed E-state index contributed by atoms with van der Waals surface area (Å²) in [5, 5.41) is 23.5. The molecule has 4 aromatic heterocycles. The molecule has 5 aliphatic rings. The molecule has 2 bridgehead atoms. The number of benzene rings is 4. The van der Waals surface area contributed by atoms with E-state index in [1.807, 2.05) is 54.6 Å². The molecule has 4 atom stereocenters. The van der Waals surface area contributed by atoms with E-state index in [1.54, 1.807) is 29.5 Å². The molecule has 8 aromatic rings. The van der Waals surface area contributed by atoms with Gasteiger partial charge in [0.1, 0.15) is 22.9 Å². The number of rotatable bonds is 14. The number of thiazole rings is 2. The van der Waals surface area contributed by atoms with Crippen LogP contribution in [-0.4, -0.2) is 83.2 Å². The summed E-state index contributed by atoms with van der Waals surface area (Å²) in [5.41, 5.74) is 8.15. The van der Waals surface area contributed by atoms with Crippen molar-refractivity contribution in [3.63, 3.8) is 0 Å². The molecule has 3 saturated heterocycles. The number of piperidine rings is 2. The van der Waals surface area contributed by atoms with E-state index in [0.29, 0.717) is 79.8 Å². The van der Waals surface area contributed by atoms with E-state index in [2.05, 4.69) is 63.7 Å². The highest BCUT2D eigenvalue weighted by atomic mass is 79.9. The summed E-state index contributed by atoms with van der Waals surface area (Å²) in [5.74, 6) is 2.24. The number of halogens is 5. The van der Waals surface area contributed by atoms with Crippen LogP contribution >= 0.6 is 85.0 Å². The predicted octanol–water partition coefficient (Wildman–Crippen LogP) is 15.2. The van der Waals surface area contributed by atoms with Gasteiger partial charge < -0.3 is 39.4 Å². The number of nitrogens with one attached hydrogen (secondary N) is 3. The lowest BCUT2D eigenvalue weighted by atomic mass is 9.95. The predicted molar refractivity (Wildman–Crippen MR) is 319 cm³/mol. The van der Waals surface area contributed by atoms with Crippen LogP contribution in [0.4, 0.5) is 5.13 Å². The number of carbonyl (C=O) groups is 2. The first-order valence-electron chi connectivity index (χ1n) is 26.8. The molecule has 5 fully saturated rings. The number of nitrogens with zero attached hydrogens (tertiary/aromatic N) is 5. The number of hydrogen-bond acceptors (Lipinski definition) is 16. The Bertz CT molecular complexity index is 3460. The fourth-order valence-corrected chi connectivity index (χ4v) is 14.9. The van der Waals surface area contributed by atoms with Crippen molar-refractivity contribution < 1.29 is 28.1 Å². The first-order chi connectivity index (χ1) is 38.4. The van der Waals surface area contributed by atoms with Gasteiger partial charge in [-0.05, 0) is 147 Å². The number of carbonyl (C=O) groups excluding carboxylic acids is 2. The van der Waals surface area contributed by atoms with Gasteiger partial charge in [-0.2, -0.15) is 0 Å². The number of hydrogen-bond donors (Lipinski definition) is 3. The lowest BCUT2D eigenvalue weighted by Gasteiger charge is -2.39. The van der Waals surface area contributed by atoms with E-state index in [4.69, 9.17) is 65.2 Å². The Morgan fingerprint density at radius 2 is 1.16 bits per heavy atom. The zero-order chi connectivity index (χ0) is 54.9. The van der Waals surface area contributed by atoms with Crippen molar-refractivity contribution in [1.29, 1.82) is 0 Å². The van der Waals surface area contributed by atoms with E-state index < -0.39 is 0 Å². The van der Waals surface area contributed by atoms with Gasteiger partial charge in [0.25, 0.3) is 0 Å². The third-order valence-corrected chi connectivity index (χ3v) is 19.3. The SMILES string of the molecule is CCC1CC(NCc2c(-c3c(Cl)cccc3Cl)noc2C2CC2)CCN1c1nc2ccc(C(=O)OC)cc2s1.COC(=O)c1ccc2nc(Br)sc2c1.Clc1cccc(Cl)c1-c1noc(C2CC2)c1CNC1CC2CCC(C1)N2. The fourth-order valence-electron chi connectivity index (χ4n) is 11.2. The van der Waals surface area contributed by atoms with Gasteiger partial charge in [-0.3, -0.25) is 0 Å². The average Bonchev–Trinajstić information content (AvgIpc) is 4.44. The molecule has 3 N–H and O–H groups in total. The van der Waals surface area contributed by atoms with Crippen LogP contribution in [0.5, 0.6) is 0 Å². The Labute approximate surface area is 494 Å². The number of esters is 2. The van der Waals surface area contributed by atoms with E-state index >= 15 is 0 Å². The largest absolute Gasteiger partial charge is 0.465 e. The molecule has 4 aromatic carbocycles. The zero-order valence-corrected chi connectivity index (χ0v) is 50.0. The topological polar surface area (TPSA) is 170 Å². The van der Waals surface area contributed by atoms with Crippen molar-refractivity contribution in [1.82, 2.24) is 36.2 Å². The zero-order valence-electron chi connectivity index (χ0n) is 43.8. The minimum Gasteiger partial charge on any atom is -0.465 e. The van der Waals surface area contributed by atoms with Crippen LogP contribution in [0.15, 0.2) is 85.8 Å². The van der Waals surface area contributed by atoms with Gasteiger partial charge in [0, 0.05) is 83.9 Å². The highest BCUT2D eigenvalue weighted by Crippen LogP contribution is 2.48. The molecular weight excluding hydrogens is 1190 g/mol. The first kappa shape index (κ1) is 56.2. The maximum Gasteiger partial charge on any atom is 0.337 e. The number of fused-ring (bicyclic) bond motifs is 4. The molecule has 2 saturated carbocycles. The fraction of sp³-hybridized carbons (Fsp3) is 0.414. The normalized spacial score (nSPS) is 20.7. The quantitative estimate of drug-likeness (QED) is 0.0879. The molecule has 21 heteroatoms. The summed E-state index contributed by atoms with van der Waals surface area (Å²) >= 11 is 32.4. The van der Waals surface area contributed by atoms with Gasteiger partial charge in [0.05, 0.1) is 65.9 Å². The van der Waals surface area contributed by atoms with Crippen molar-refractivity contribution in [3.8, 4) is 22.5 Å². The third kappa shape index (κ3) is 12.7. The molecule has 13 rings (SSSR count). The smallest absolute Gasteiger partial charge is 0.337 e. The number of methoxy groups -OCH3 is 2.